The predicted octanol–water partition coefficient (Wildman–Crippen LogP) is -3.39. The summed E-state index contributed by atoms with van der Waals surface area (Å²) in [5.41, 5.74) is -0.551. The summed E-state index contributed by atoms with van der Waals surface area (Å²) >= 11 is 0. The van der Waals surface area contributed by atoms with Crippen molar-refractivity contribution in [3.05, 3.63) is 6.08 Å². The number of nitrogens with one attached hydrogen (secondary N) is 2. The zero-order chi connectivity index (χ0) is 6.57. The molecule has 0 aliphatic rings. The minimum absolute atomic E-state index is 0. The average Bonchev–Trinajstić information content (AvgIpc) is 1.67. The van der Waals surface area contributed by atoms with Gasteiger partial charge in [-0.2, -0.15) is 0 Å². The first-order chi connectivity index (χ1) is 3.68. The molecule has 0 amide bonds. The normalized spacial score (nSPS) is 10.3. The van der Waals surface area contributed by atoms with Crippen LogP contribution in [0.25, 0.3) is 0 Å². The van der Waals surface area contributed by atoms with Gasteiger partial charge in [0.25, 0.3) is 0 Å². The third-order valence-electron chi connectivity index (χ3n) is 0.436. The fraction of sp³-hybridized carbons (Fsp3) is 0. The molecule has 0 aliphatic heterocycles. The zero-order valence-corrected chi connectivity index (χ0v) is 7.89. The van der Waals surface area contributed by atoms with Crippen molar-refractivity contribution in [2.45, 2.75) is 0 Å². The molecule has 0 aromatic rings. The Kier molecular flexibility index (Phi) is 8.60. The van der Waals surface area contributed by atoms with Crippen molar-refractivity contribution in [3.63, 3.8) is 0 Å². The summed E-state index contributed by atoms with van der Waals surface area (Å²) in [6.45, 7) is 0. The molecule has 2 N–H and O–H groups in total. The first kappa shape index (κ1) is 12.0. The van der Waals surface area contributed by atoms with Crippen molar-refractivity contribution in [1.82, 2.24) is 0 Å². The second kappa shape index (κ2) is 6.43. The molecule has 9 heavy (non-hydrogen) atoms. The van der Waals surface area contributed by atoms with E-state index in [4.69, 9.17) is 10.8 Å². The molecule has 0 aromatic heterocycles. The Bertz CT molecular complexity index is 171. The second-order valence-electron chi connectivity index (χ2n) is 0.990. The third-order valence-corrected chi connectivity index (χ3v) is 1.02. The molecule has 44 valence electrons. The molecule has 4 nitrogen and oxygen atoms in total. The van der Waals surface area contributed by atoms with Gasteiger partial charge in [0, 0.05) is 14.1 Å². The smallest absolute Gasteiger partial charge is 0.797 e. The van der Waals surface area contributed by atoms with Gasteiger partial charge in [0.2, 0.25) is 0 Å². The van der Waals surface area contributed by atoms with Gasteiger partial charge >= 0.3 is 29.6 Å². The van der Waals surface area contributed by atoms with Crippen LogP contribution < -0.4 is 34.5 Å². The van der Waals surface area contributed by atoms with Crippen molar-refractivity contribution in [1.29, 1.82) is 10.8 Å². The van der Waals surface area contributed by atoms with Crippen molar-refractivity contribution in [2.75, 3.05) is 0 Å². The molecule has 1 atom stereocenters. The Labute approximate surface area is 75.1 Å². The minimum Gasteiger partial charge on any atom is -0.797 e. The summed E-state index contributed by atoms with van der Waals surface area (Å²) in [6, 6.07) is 0. The maximum absolute atomic E-state index is 9.78. The Morgan fingerprint density at radius 1 is 1.78 bits per heavy atom. The summed E-state index contributed by atoms with van der Waals surface area (Å²) in [7, 11) is -3.13. The Hall–Kier alpha value is 0.310. The molecule has 0 aliphatic carbocycles. The molecule has 0 rings (SSSR count). The molecule has 6 heteroatoms. The fourth-order valence-corrected chi connectivity index (χ4v) is 0.321. The van der Waals surface area contributed by atoms with E-state index < -0.39 is 13.5 Å². The van der Waals surface area contributed by atoms with E-state index in [9.17, 15) is 9.46 Å². The van der Waals surface area contributed by atoms with Gasteiger partial charge in [0.15, 0.2) is 0 Å². The van der Waals surface area contributed by atoms with Crippen molar-refractivity contribution in [3.8, 4) is 0 Å². The Morgan fingerprint density at radius 2 is 2.22 bits per heavy atom. The van der Waals surface area contributed by atoms with Crippen LogP contribution >= 0.6 is 8.03 Å². The standard InChI is InChI=1S/C3H5N2O2P.Na/c4-2-1-3(5)8(6)7;/h1,4-5,8H,(H,6,7);/q;+1/p-1. The number of rotatable bonds is 2. The minimum atomic E-state index is -3.13. The molecule has 0 spiro atoms. The molecule has 0 fully saturated rings. The van der Waals surface area contributed by atoms with Crippen LogP contribution in [0.15, 0.2) is 6.08 Å². The van der Waals surface area contributed by atoms with E-state index in [2.05, 4.69) is 0 Å². The summed E-state index contributed by atoms with van der Waals surface area (Å²) in [6.07, 6.45) is 0.786. The van der Waals surface area contributed by atoms with Crippen LogP contribution in [0.2, 0.25) is 0 Å². The molecular formula is C3H4N2NaO2P. The molecule has 0 saturated heterocycles. The van der Waals surface area contributed by atoms with Crippen LogP contribution in [0.3, 0.4) is 0 Å². The van der Waals surface area contributed by atoms with Crippen LogP contribution in [0.5, 0.6) is 0 Å². The van der Waals surface area contributed by atoms with E-state index in [0.29, 0.717) is 0 Å². The SMILES string of the molecule is N=C=CC(=N)[PH](=O)[O-].[Na+]. The van der Waals surface area contributed by atoms with Crippen molar-refractivity contribution in [2.24, 2.45) is 0 Å². The van der Waals surface area contributed by atoms with Gasteiger partial charge in [-0.05, 0) is 5.87 Å². The number of hydrogen-bond acceptors (Lipinski definition) is 4. The van der Waals surface area contributed by atoms with Gasteiger partial charge in [0.1, 0.15) is 0 Å². The summed E-state index contributed by atoms with van der Waals surface area (Å²) in [5, 5.41) is 12.7. The summed E-state index contributed by atoms with van der Waals surface area (Å²) in [5.74, 6) is 1.67. The van der Waals surface area contributed by atoms with E-state index in [1.807, 2.05) is 0 Å². The number of hydrogen-bond donors (Lipinski definition) is 2. The van der Waals surface area contributed by atoms with Gasteiger partial charge in [-0.25, -0.2) is 0 Å². The third kappa shape index (κ3) is 6.19. The van der Waals surface area contributed by atoms with Gasteiger partial charge < -0.3 is 9.46 Å². The van der Waals surface area contributed by atoms with Crippen LogP contribution in [0.1, 0.15) is 0 Å². The molecule has 0 saturated carbocycles. The predicted molar refractivity (Wildman–Crippen MR) is 29.0 cm³/mol. The maximum Gasteiger partial charge on any atom is 1.00 e. The van der Waals surface area contributed by atoms with E-state index >= 15 is 0 Å². The van der Waals surface area contributed by atoms with Gasteiger partial charge in [-0.1, -0.05) is 0 Å². The molecule has 0 radical (unpaired) electrons. The summed E-state index contributed by atoms with van der Waals surface area (Å²) in [4.78, 5) is 9.78. The zero-order valence-electron chi connectivity index (χ0n) is 4.89. The molecule has 0 aromatic carbocycles. The first-order valence-corrected chi connectivity index (χ1v) is 3.05. The molecule has 0 heterocycles. The van der Waals surface area contributed by atoms with E-state index in [1.165, 1.54) is 0 Å². The van der Waals surface area contributed by atoms with Crippen LogP contribution in [0.4, 0.5) is 0 Å². The number of allylic oxidation sites excluding steroid dienone is 1. The quantitative estimate of drug-likeness (QED) is 0.247. The average molecular weight is 154 g/mol. The van der Waals surface area contributed by atoms with E-state index in [1.54, 1.807) is 5.87 Å². The Morgan fingerprint density at radius 3 is 2.33 bits per heavy atom. The molecule has 0 bridgehead atoms. The second-order valence-corrected chi connectivity index (χ2v) is 2.10. The Balaban J connectivity index is 0. The summed E-state index contributed by atoms with van der Waals surface area (Å²) < 4.78 is 9.78. The van der Waals surface area contributed by atoms with Crippen molar-refractivity contribution >= 4 is 19.4 Å². The largest absolute Gasteiger partial charge is 1.00 e. The van der Waals surface area contributed by atoms with E-state index in [0.717, 1.165) is 6.08 Å². The molecular weight excluding hydrogens is 150 g/mol. The fourth-order valence-electron chi connectivity index (χ4n) is 0.131. The van der Waals surface area contributed by atoms with Crippen LogP contribution in [-0.2, 0) is 4.57 Å². The maximum atomic E-state index is 9.78. The monoisotopic (exact) mass is 154 g/mol. The van der Waals surface area contributed by atoms with Crippen molar-refractivity contribution < 1.29 is 39.0 Å². The van der Waals surface area contributed by atoms with Crippen LogP contribution in [0, 0.1) is 10.8 Å². The first-order valence-electron chi connectivity index (χ1n) is 1.74. The van der Waals surface area contributed by atoms with E-state index in [-0.39, 0.29) is 29.6 Å². The van der Waals surface area contributed by atoms with Gasteiger partial charge in [0.05, 0.1) is 5.45 Å². The molecule has 1 unspecified atom stereocenters. The van der Waals surface area contributed by atoms with Gasteiger partial charge in [-0.15, -0.1) is 0 Å². The topological polar surface area (TPSA) is 87.8 Å². The van der Waals surface area contributed by atoms with Gasteiger partial charge in [-0.3, -0.25) is 10.8 Å². The van der Waals surface area contributed by atoms with Crippen LogP contribution in [-0.4, -0.2) is 11.3 Å².